The molecule has 5 rings (SSSR count). The fraction of sp³-hybridized carbons (Fsp3) is 0.407. The van der Waals surface area contributed by atoms with E-state index in [1.165, 1.54) is 7.11 Å². The molecular formula is C27H30N4O7. The lowest BCUT2D eigenvalue weighted by Gasteiger charge is -2.30. The van der Waals surface area contributed by atoms with Crippen LogP contribution in [0.4, 0.5) is 5.82 Å². The van der Waals surface area contributed by atoms with E-state index in [1.807, 2.05) is 12.1 Å². The van der Waals surface area contributed by atoms with Gasteiger partial charge in [0.15, 0.2) is 11.5 Å². The Morgan fingerprint density at radius 1 is 1.13 bits per heavy atom. The molecule has 0 radical (unpaired) electrons. The lowest BCUT2D eigenvalue weighted by atomic mass is 9.82. The van der Waals surface area contributed by atoms with Gasteiger partial charge in [0, 0.05) is 23.4 Å². The average molecular weight is 523 g/mol. The number of esters is 1. The number of anilines is 1. The van der Waals surface area contributed by atoms with Crippen LogP contribution in [-0.2, 0) is 14.3 Å². The highest BCUT2D eigenvalue weighted by molar-refractivity contribution is 5.96. The highest BCUT2D eigenvalue weighted by atomic mass is 16.7. The number of aliphatic carboxylic acids is 1. The summed E-state index contributed by atoms with van der Waals surface area (Å²) < 4.78 is 17.4. The van der Waals surface area contributed by atoms with Gasteiger partial charge in [-0.3, -0.25) is 18.8 Å². The number of amides is 1. The predicted molar refractivity (Wildman–Crippen MR) is 137 cm³/mol. The summed E-state index contributed by atoms with van der Waals surface area (Å²) in [5.74, 6) is 0.188. The number of rotatable bonds is 9. The largest absolute Gasteiger partial charge is 0.481 e. The zero-order valence-corrected chi connectivity index (χ0v) is 21.1. The lowest BCUT2D eigenvalue weighted by molar-refractivity contribution is -0.139. The van der Waals surface area contributed by atoms with Crippen LogP contribution in [0.15, 0.2) is 36.5 Å². The van der Waals surface area contributed by atoms with Gasteiger partial charge in [-0.05, 0) is 49.1 Å². The Balaban J connectivity index is 1.46. The first-order valence-corrected chi connectivity index (χ1v) is 12.7. The number of nitrogens with one attached hydrogen (secondary N) is 2. The molecule has 0 spiro atoms. The summed E-state index contributed by atoms with van der Waals surface area (Å²) in [5.41, 5.74) is 2.13. The number of hydrogen-bond acceptors (Lipinski definition) is 8. The molecule has 3 N–H and O–H groups in total. The van der Waals surface area contributed by atoms with Gasteiger partial charge in [-0.25, -0.2) is 4.98 Å². The van der Waals surface area contributed by atoms with Crippen molar-refractivity contribution in [2.45, 2.75) is 44.6 Å². The SMILES string of the molecule is COC(=O)CNc1c(-c2ccc3c(c2)OCO3)nc2cc(C(=O)NC(CC(=O)O)C3CCCCC3)ccn12. The average Bonchev–Trinajstić information content (AvgIpc) is 3.55. The van der Waals surface area contributed by atoms with Gasteiger partial charge >= 0.3 is 11.9 Å². The second-order valence-electron chi connectivity index (χ2n) is 9.53. The van der Waals surface area contributed by atoms with Gasteiger partial charge in [-0.2, -0.15) is 0 Å². The predicted octanol–water partition coefficient (Wildman–Crippen LogP) is 3.47. The molecule has 2 aliphatic rings. The van der Waals surface area contributed by atoms with Crippen LogP contribution in [0, 0.1) is 5.92 Å². The molecule has 1 saturated carbocycles. The van der Waals surface area contributed by atoms with E-state index >= 15 is 0 Å². The Morgan fingerprint density at radius 2 is 1.92 bits per heavy atom. The van der Waals surface area contributed by atoms with Crippen LogP contribution in [0.5, 0.6) is 11.5 Å². The summed E-state index contributed by atoms with van der Waals surface area (Å²) in [4.78, 5) is 41.3. The van der Waals surface area contributed by atoms with Crippen molar-refractivity contribution in [3.05, 3.63) is 42.1 Å². The van der Waals surface area contributed by atoms with Crippen molar-refractivity contribution < 1.29 is 33.7 Å². The number of fused-ring (bicyclic) bond motifs is 2. The highest BCUT2D eigenvalue weighted by Gasteiger charge is 2.28. The van der Waals surface area contributed by atoms with Gasteiger partial charge in [0.25, 0.3) is 5.91 Å². The van der Waals surface area contributed by atoms with Crippen LogP contribution in [0.1, 0.15) is 48.9 Å². The first-order valence-electron chi connectivity index (χ1n) is 12.7. The van der Waals surface area contributed by atoms with Crippen LogP contribution in [-0.4, -0.2) is 58.8 Å². The molecule has 200 valence electrons. The molecular weight excluding hydrogens is 492 g/mol. The number of aromatic nitrogens is 2. The standard InChI is InChI=1S/C27H30N4O7/c1-36-24(34)14-28-26-25(17-7-8-20-21(11-17)38-15-37-20)30-22-12-18(9-10-31(22)26)27(35)29-19(13-23(32)33)16-5-3-2-4-6-16/h7-12,16,19,28H,2-6,13-15H2,1H3,(H,29,35)(H,32,33). The molecule has 11 heteroatoms. The summed E-state index contributed by atoms with van der Waals surface area (Å²) >= 11 is 0. The Labute approximate surface area is 219 Å². The molecule has 3 heterocycles. The quantitative estimate of drug-likeness (QED) is 0.360. The summed E-state index contributed by atoms with van der Waals surface area (Å²) in [6.45, 7) is 0.0575. The molecule has 3 aromatic rings. The van der Waals surface area contributed by atoms with E-state index in [1.54, 1.807) is 28.8 Å². The first-order chi connectivity index (χ1) is 18.4. The van der Waals surface area contributed by atoms with Crippen molar-refractivity contribution in [2.75, 3.05) is 25.8 Å². The van der Waals surface area contributed by atoms with Crippen LogP contribution in [0.3, 0.4) is 0 Å². The number of carbonyl (C=O) groups excluding carboxylic acids is 2. The number of carboxylic acids is 1. The third-order valence-corrected chi connectivity index (χ3v) is 7.09. The smallest absolute Gasteiger partial charge is 0.325 e. The molecule has 1 amide bonds. The Bertz CT molecular complexity index is 1360. The van der Waals surface area contributed by atoms with Crippen LogP contribution in [0.2, 0.25) is 0 Å². The van der Waals surface area contributed by atoms with E-state index in [9.17, 15) is 19.5 Å². The van der Waals surface area contributed by atoms with Crippen LogP contribution < -0.4 is 20.1 Å². The summed E-state index contributed by atoms with van der Waals surface area (Å²) in [6.07, 6.45) is 6.62. The molecule has 11 nitrogen and oxygen atoms in total. The normalized spacial score (nSPS) is 15.7. The van der Waals surface area contributed by atoms with E-state index in [4.69, 9.17) is 19.2 Å². The van der Waals surface area contributed by atoms with Gasteiger partial charge in [-0.1, -0.05) is 19.3 Å². The molecule has 1 fully saturated rings. The monoisotopic (exact) mass is 522 g/mol. The van der Waals surface area contributed by atoms with Crippen molar-refractivity contribution >= 4 is 29.3 Å². The minimum absolute atomic E-state index is 0.0810. The van der Waals surface area contributed by atoms with Crippen LogP contribution in [0.25, 0.3) is 16.9 Å². The zero-order valence-electron chi connectivity index (χ0n) is 21.1. The van der Waals surface area contributed by atoms with Gasteiger partial charge in [0.2, 0.25) is 6.79 Å². The summed E-state index contributed by atoms with van der Waals surface area (Å²) in [6, 6.07) is 8.30. The van der Waals surface area contributed by atoms with E-state index < -0.39 is 18.0 Å². The zero-order chi connectivity index (χ0) is 26.6. The van der Waals surface area contributed by atoms with Gasteiger partial charge in [0.1, 0.15) is 23.7 Å². The van der Waals surface area contributed by atoms with Crippen LogP contribution >= 0.6 is 0 Å². The molecule has 0 bridgehead atoms. The molecule has 1 aliphatic carbocycles. The van der Waals surface area contributed by atoms with Gasteiger partial charge in [0.05, 0.1) is 13.5 Å². The molecule has 2 aromatic heterocycles. The van der Waals surface area contributed by atoms with E-state index in [-0.39, 0.29) is 31.6 Å². The number of nitrogens with zero attached hydrogens (tertiary/aromatic N) is 2. The summed E-state index contributed by atoms with van der Waals surface area (Å²) in [5, 5.41) is 15.5. The maximum absolute atomic E-state index is 13.2. The highest BCUT2D eigenvalue weighted by Crippen LogP contribution is 2.38. The topological polar surface area (TPSA) is 140 Å². The van der Waals surface area contributed by atoms with Gasteiger partial charge < -0.3 is 30.0 Å². The number of pyridine rings is 1. The number of methoxy groups -OCH3 is 1. The van der Waals surface area contributed by atoms with Crippen molar-refractivity contribution in [2.24, 2.45) is 5.92 Å². The second kappa shape index (κ2) is 11.0. The molecule has 1 unspecified atom stereocenters. The van der Waals surface area contributed by atoms with E-state index in [2.05, 4.69) is 10.6 Å². The maximum atomic E-state index is 13.2. The van der Waals surface area contributed by atoms with Crippen molar-refractivity contribution in [3.8, 4) is 22.8 Å². The third kappa shape index (κ3) is 5.36. The molecule has 1 aliphatic heterocycles. The van der Waals surface area contributed by atoms with E-state index in [0.29, 0.717) is 34.2 Å². The van der Waals surface area contributed by atoms with Crippen molar-refractivity contribution in [3.63, 3.8) is 0 Å². The number of ether oxygens (including phenoxy) is 3. The fourth-order valence-corrected chi connectivity index (χ4v) is 5.14. The van der Waals surface area contributed by atoms with Gasteiger partial charge in [-0.15, -0.1) is 0 Å². The number of carboxylic acid groups (broad SMARTS) is 1. The molecule has 1 atom stereocenters. The second-order valence-corrected chi connectivity index (χ2v) is 9.53. The lowest BCUT2D eigenvalue weighted by Crippen LogP contribution is -2.42. The minimum atomic E-state index is -0.931. The molecule has 0 saturated heterocycles. The minimum Gasteiger partial charge on any atom is -0.481 e. The van der Waals surface area contributed by atoms with Crippen molar-refractivity contribution in [1.29, 1.82) is 0 Å². The number of carbonyl (C=O) groups is 3. The van der Waals surface area contributed by atoms with Crippen molar-refractivity contribution in [1.82, 2.24) is 14.7 Å². The van der Waals surface area contributed by atoms with E-state index in [0.717, 1.165) is 37.7 Å². The Kier molecular flexibility index (Phi) is 7.34. The molecule has 1 aromatic carbocycles. The third-order valence-electron chi connectivity index (χ3n) is 7.09. The number of hydrogen-bond donors (Lipinski definition) is 3. The Morgan fingerprint density at radius 3 is 2.68 bits per heavy atom. The number of imidazole rings is 1. The first kappa shape index (κ1) is 25.4. The fourth-order valence-electron chi connectivity index (χ4n) is 5.14. The molecule has 38 heavy (non-hydrogen) atoms. The number of benzene rings is 1. The maximum Gasteiger partial charge on any atom is 0.325 e. The Hall–Kier alpha value is -4.28. The summed E-state index contributed by atoms with van der Waals surface area (Å²) in [7, 11) is 1.31.